The van der Waals surface area contributed by atoms with Gasteiger partial charge in [-0.05, 0) is 29.7 Å². The zero-order chi connectivity index (χ0) is 13.0. The SMILES string of the molecule is CCCC(=O)c1cc(-c2ccccc2)ccc1N. The topological polar surface area (TPSA) is 43.1 Å². The Balaban J connectivity index is 2.41. The van der Waals surface area contributed by atoms with Crippen LogP contribution in [0.15, 0.2) is 48.5 Å². The van der Waals surface area contributed by atoms with Crippen LogP contribution in [0, 0.1) is 0 Å². The molecular weight excluding hydrogens is 222 g/mol. The maximum absolute atomic E-state index is 12.0. The predicted octanol–water partition coefficient (Wildman–Crippen LogP) is 3.92. The molecule has 2 N–H and O–H groups in total. The molecule has 0 heterocycles. The van der Waals surface area contributed by atoms with E-state index in [0.717, 1.165) is 17.5 Å². The normalized spacial score (nSPS) is 10.3. The van der Waals surface area contributed by atoms with Crippen LogP contribution < -0.4 is 5.73 Å². The number of carbonyl (C=O) groups excluding carboxylic acids is 1. The summed E-state index contributed by atoms with van der Waals surface area (Å²) in [5, 5.41) is 0. The van der Waals surface area contributed by atoms with Gasteiger partial charge in [-0.15, -0.1) is 0 Å². The Morgan fingerprint density at radius 1 is 1.06 bits per heavy atom. The molecule has 0 radical (unpaired) electrons. The minimum atomic E-state index is 0.118. The molecule has 0 aliphatic rings. The van der Waals surface area contributed by atoms with Gasteiger partial charge in [0.2, 0.25) is 0 Å². The third-order valence-corrected chi connectivity index (χ3v) is 2.94. The van der Waals surface area contributed by atoms with E-state index in [0.29, 0.717) is 17.7 Å². The minimum absolute atomic E-state index is 0.118. The first-order valence-corrected chi connectivity index (χ1v) is 6.20. The number of benzene rings is 2. The van der Waals surface area contributed by atoms with Crippen molar-refractivity contribution in [3.63, 3.8) is 0 Å². The van der Waals surface area contributed by atoms with E-state index >= 15 is 0 Å². The number of nitrogen functional groups attached to an aromatic ring is 1. The quantitative estimate of drug-likeness (QED) is 0.649. The number of carbonyl (C=O) groups is 1. The molecular formula is C16H17NO. The van der Waals surface area contributed by atoms with Gasteiger partial charge in [-0.3, -0.25) is 4.79 Å². The Morgan fingerprint density at radius 2 is 1.78 bits per heavy atom. The van der Waals surface area contributed by atoms with Crippen LogP contribution in [0.25, 0.3) is 11.1 Å². The van der Waals surface area contributed by atoms with E-state index in [1.807, 2.05) is 55.5 Å². The number of rotatable bonds is 4. The lowest BCUT2D eigenvalue weighted by atomic mass is 9.98. The number of hydrogen-bond donors (Lipinski definition) is 1. The van der Waals surface area contributed by atoms with Crippen molar-refractivity contribution in [3.05, 3.63) is 54.1 Å². The number of ketones is 1. The summed E-state index contributed by atoms with van der Waals surface area (Å²) in [5.41, 5.74) is 9.21. The molecule has 0 fully saturated rings. The molecule has 0 saturated heterocycles. The van der Waals surface area contributed by atoms with Crippen molar-refractivity contribution in [1.82, 2.24) is 0 Å². The number of Topliss-reactive ketones (excluding diaryl/α,β-unsaturated/α-hetero) is 1. The van der Waals surface area contributed by atoms with Gasteiger partial charge in [0.25, 0.3) is 0 Å². The molecule has 2 aromatic carbocycles. The Morgan fingerprint density at radius 3 is 2.44 bits per heavy atom. The average molecular weight is 239 g/mol. The van der Waals surface area contributed by atoms with Gasteiger partial charge in [0.15, 0.2) is 5.78 Å². The second kappa shape index (κ2) is 5.50. The number of anilines is 1. The molecule has 2 nitrogen and oxygen atoms in total. The minimum Gasteiger partial charge on any atom is -0.398 e. The van der Waals surface area contributed by atoms with Gasteiger partial charge >= 0.3 is 0 Å². The van der Waals surface area contributed by atoms with Crippen LogP contribution in [-0.4, -0.2) is 5.78 Å². The first-order chi connectivity index (χ1) is 8.72. The van der Waals surface area contributed by atoms with E-state index in [2.05, 4.69) is 0 Å². The van der Waals surface area contributed by atoms with Crippen LogP contribution in [0.5, 0.6) is 0 Å². The Bertz CT molecular complexity index is 546. The Hall–Kier alpha value is -2.09. The van der Waals surface area contributed by atoms with E-state index < -0.39 is 0 Å². The van der Waals surface area contributed by atoms with Gasteiger partial charge < -0.3 is 5.73 Å². The summed E-state index contributed by atoms with van der Waals surface area (Å²) in [6, 6.07) is 15.7. The fourth-order valence-electron chi connectivity index (χ4n) is 1.97. The summed E-state index contributed by atoms with van der Waals surface area (Å²) in [6.45, 7) is 2.00. The molecule has 2 aromatic rings. The van der Waals surface area contributed by atoms with Gasteiger partial charge in [-0.25, -0.2) is 0 Å². The van der Waals surface area contributed by atoms with Crippen LogP contribution >= 0.6 is 0 Å². The maximum atomic E-state index is 12.0. The monoisotopic (exact) mass is 239 g/mol. The molecule has 0 atom stereocenters. The highest BCUT2D eigenvalue weighted by atomic mass is 16.1. The lowest BCUT2D eigenvalue weighted by molar-refractivity contribution is 0.0982. The molecule has 0 bridgehead atoms. The predicted molar refractivity (Wildman–Crippen MR) is 75.5 cm³/mol. The second-order valence-corrected chi connectivity index (χ2v) is 4.34. The van der Waals surface area contributed by atoms with Gasteiger partial charge in [-0.2, -0.15) is 0 Å². The highest BCUT2D eigenvalue weighted by Gasteiger charge is 2.10. The van der Waals surface area contributed by atoms with Crippen LogP contribution in [0.4, 0.5) is 5.69 Å². The fraction of sp³-hybridized carbons (Fsp3) is 0.188. The molecule has 0 amide bonds. The van der Waals surface area contributed by atoms with E-state index in [-0.39, 0.29) is 5.78 Å². The first-order valence-electron chi connectivity index (χ1n) is 6.20. The third-order valence-electron chi connectivity index (χ3n) is 2.94. The van der Waals surface area contributed by atoms with E-state index in [1.165, 1.54) is 0 Å². The molecule has 2 heteroatoms. The molecule has 92 valence electrons. The van der Waals surface area contributed by atoms with Gasteiger partial charge in [0.1, 0.15) is 0 Å². The molecule has 0 aromatic heterocycles. The molecule has 18 heavy (non-hydrogen) atoms. The zero-order valence-corrected chi connectivity index (χ0v) is 10.5. The highest BCUT2D eigenvalue weighted by molar-refractivity contribution is 6.01. The summed E-state index contributed by atoms with van der Waals surface area (Å²) in [4.78, 5) is 12.0. The summed E-state index contributed by atoms with van der Waals surface area (Å²) in [7, 11) is 0. The number of nitrogens with two attached hydrogens (primary N) is 1. The molecule has 2 rings (SSSR count). The van der Waals surface area contributed by atoms with Crippen molar-refractivity contribution in [1.29, 1.82) is 0 Å². The van der Waals surface area contributed by atoms with Crippen LogP contribution in [0.2, 0.25) is 0 Å². The van der Waals surface area contributed by atoms with Crippen LogP contribution in [-0.2, 0) is 0 Å². The van der Waals surface area contributed by atoms with Crippen molar-refractivity contribution < 1.29 is 4.79 Å². The van der Waals surface area contributed by atoms with Crippen molar-refractivity contribution in [2.24, 2.45) is 0 Å². The molecule has 0 saturated carbocycles. The maximum Gasteiger partial charge on any atom is 0.164 e. The standard InChI is InChI=1S/C16H17NO/c1-2-6-16(18)14-11-13(9-10-15(14)17)12-7-4-3-5-8-12/h3-5,7-11H,2,6,17H2,1H3. The average Bonchev–Trinajstić information content (AvgIpc) is 2.40. The van der Waals surface area contributed by atoms with Gasteiger partial charge in [0, 0.05) is 17.7 Å². The molecule has 0 unspecified atom stereocenters. The summed E-state index contributed by atoms with van der Waals surface area (Å²) >= 11 is 0. The summed E-state index contributed by atoms with van der Waals surface area (Å²) < 4.78 is 0. The molecule has 0 aliphatic heterocycles. The van der Waals surface area contributed by atoms with Gasteiger partial charge in [-0.1, -0.05) is 43.3 Å². The molecule has 0 aliphatic carbocycles. The van der Waals surface area contributed by atoms with Crippen molar-refractivity contribution in [2.45, 2.75) is 19.8 Å². The Labute approximate surface area is 107 Å². The van der Waals surface area contributed by atoms with Crippen LogP contribution in [0.1, 0.15) is 30.1 Å². The van der Waals surface area contributed by atoms with Gasteiger partial charge in [0.05, 0.1) is 0 Å². The lowest BCUT2D eigenvalue weighted by Crippen LogP contribution is -2.03. The third kappa shape index (κ3) is 2.59. The van der Waals surface area contributed by atoms with Crippen molar-refractivity contribution >= 4 is 11.5 Å². The highest BCUT2D eigenvalue weighted by Crippen LogP contribution is 2.24. The molecule has 0 spiro atoms. The zero-order valence-electron chi connectivity index (χ0n) is 10.5. The first kappa shape index (κ1) is 12.4. The number of hydrogen-bond acceptors (Lipinski definition) is 2. The lowest BCUT2D eigenvalue weighted by Gasteiger charge is -2.08. The van der Waals surface area contributed by atoms with E-state index in [1.54, 1.807) is 0 Å². The summed E-state index contributed by atoms with van der Waals surface area (Å²) in [6.07, 6.45) is 1.39. The fourth-order valence-corrected chi connectivity index (χ4v) is 1.97. The van der Waals surface area contributed by atoms with Crippen molar-refractivity contribution in [3.8, 4) is 11.1 Å². The van der Waals surface area contributed by atoms with E-state index in [4.69, 9.17) is 5.73 Å². The smallest absolute Gasteiger partial charge is 0.164 e. The van der Waals surface area contributed by atoms with Crippen molar-refractivity contribution in [2.75, 3.05) is 5.73 Å². The largest absolute Gasteiger partial charge is 0.398 e. The van der Waals surface area contributed by atoms with Crippen LogP contribution in [0.3, 0.4) is 0 Å². The second-order valence-electron chi connectivity index (χ2n) is 4.34. The summed E-state index contributed by atoms with van der Waals surface area (Å²) in [5.74, 6) is 0.118. The van der Waals surface area contributed by atoms with E-state index in [9.17, 15) is 4.79 Å². The Kier molecular flexibility index (Phi) is 3.78.